The number of pyridine rings is 1. The molecule has 0 radical (unpaired) electrons. The lowest BCUT2D eigenvalue weighted by Gasteiger charge is -2.33. The predicted octanol–water partition coefficient (Wildman–Crippen LogP) is 6.86. The molecule has 1 N–H and O–H groups in total. The van der Waals surface area contributed by atoms with Gasteiger partial charge < -0.3 is 10.2 Å². The van der Waals surface area contributed by atoms with Gasteiger partial charge in [0, 0.05) is 47.4 Å². The number of hydrogen-bond donors (Lipinski definition) is 1. The van der Waals surface area contributed by atoms with Gasteiger partial charge in [-0.2, -0.15) is 5.10 Å². The number of halogens is 1. The van der Waals surface area contributed by atoms with Gasteiger partial charge in [-0.3, -0.25) is 19.3 Å². The van der Waals surface area contributed by atoms with Gasteiger partial charge in [0.05, 0.1) is 41.3 Å². The molecule has 4 heterocycles. The zero-order valence-electron chi connectivity index (χ0n) is 24.4. The van der Waals surface area contributed by atoms with Crippen molar-refractivity contribution < 1.29 is 9.59 Å². The number of nitrogens with one attached hydrogen (secondary N) is 1. The molecular formula is C34H33ClN6O2. The van der Waals surface area contributed by atoms with Crippen molar-refractivity contribution in [1.82, 2.24) is 19.7 Å². The maximum absolute atomic E-state index is 13.0. The Morgan fingerprint density at radius 2 is 1.84 bits per heavy atom. The minimum Gasteiger partial charge on any atom is -0.349 e. The van der Waals surface area contributed by atoms with Gasteiger partial charge in [-0.15, -0.1) is 0 Å². The molecule has 0 saturated heterocycles. The molecule has 2 aliphatic heterocycles. The molecular weight excluding hydrogens is 560 g/mol. The van der Waals surface area contributed by atoms with Crippen LogP contribution in [-0.2, 0) is 16.6 Å². The first kappa shape index (κ1) is 28.6. The summed E-state index contributed by atoms with van der Waals surface area (Å²) >= 11 is 6.46. The number of fused-ring (bicyclic) bond motifs is 4. The van der Waals surface area contributed by atoms with E-state index in [-0.39, 0.29) is 17.9 Å². The first-order chi connectivity index (χ1) is 20.8. The molecule has 2 aliphatic rings. The summed E-state index contributed by atoms with van der Waals surface area (Å²) in [5.41, 5.74) is 8.43. The number of carbonyl (C=O) groups is 2. The Morgan fingerprint density at radius 3 is 2.63 bits per heavy atom. The molecule has 1 amide bonds. The number of carbonyl (C=O) groups excluding carboxylic acids is 2. The van der Waals surface area contributed by atoms with Gasteiger partial charge in [0.15, 0.2) is 0 Å². The normalized spacial score (nSPS) is 18.9. The fourth-order valence-corrected chi connectivity index (χ4v) is 6.06. The van der Waals surface area contributed by atoms with Crippen LogP contribution < -0.4 is 5.32 Å². The molecule has 2 atom stereocenters. The van der Waals surface area contributed by atoms with Crippen LogP contribution in [0.25, 0.3) is 28.1 Å². The Morgan fingerprint density at radius 1 is 1.02 bits per heavy atom. The van der Waals surface area contributed by atoms with E-state index in [2.05, 4.69) is 46.5 Å². The minimum atomic E-state index is -0.172. The monoisotopic (exact) mass is 592 g/mol. The Balaban J connectivity index is 1.39. The molecule has 218 valence electrons. The van der Waals surface area contributed by atoms with E-state index in [0.717, 1.165) is 52.8 Å². The van der Waals surface area contributed by atoms with Gasteiger partial charge in [0.1, 0.15) is 6.29 Å². The van der Waals surface area contributed by atoms with Crippen molar-refractivity contribution in [3.63, 3.8) is 0 Å². The molecule has 0 fully saturated rings. The third kappa shape index (κ3) is 5.75. The van der Waals surface area contributed by atoms with Gasteiger partial charge in [-0.25, -0.2) is 4.99 Å². The summed E-state index contributed by atoms with van der Waals surface area (Å²) in [5, 5.41) is 8.04. The molecule has 9 heteroatoms. The van der Waals surface area contributed by atoms with Crippen molar-refractivity contribution in [2.24, 2.45) is 18.0 Å². The maximum atomic E-state index is 13.0. The molecule has 0 aliphatic carbocycles. The molecule has 2 aromatic carbocycles. The maximum Gasteiger partial charge on any atom is 0.227 e. The van der Waals surface area contributed by atoms with E-state index in [1.807, 2.05) is 50.6 Å². The molecule has 0 spiro atoms. The zero-order valence-corrected chi connectivity index (χ0v) is 25.2. The summed E-state index contributed by atoms with van der Waals surface area (Å²) in [6.07, 6.45) is 8.44. The third-order valence-corrected chi connectivity index (χ3v) is 8.52. The van der Waals surface area contributed by atoms with Crippen LogP contribution in [0.15, 0.2) is 77.6 Å². The lowest BCUT2D eigenvalue weighted by atomic mass is 9.93. The molecule has 2 bridgehead atoms. The number of anilines is 1. The van der Waals surface area contributed by atoms with Crippen LogP contribution in [0, 0.1) is 12.8 Å². The average Bonchev–Trinajstić information content (AvgIpc) is 3.38. The SMILES string of the molecule is Cc1ccc(-c2ccc(Cl)cc2C2=C(C=O)CN(C3CCCC(C)C(=O)Nc4cnn(C)c4-c4ccnc3c4)C=N2)cc1. The Kier molecular flexibility index (Phi) is 7.95. The van der Waals surface area contributed by atoms with Crippen LogP contribution in [0.3, 0.4) is 0 Å². The predicted molar refractivity (Wildman–Crippen MR) is 171 cm³/mol. The number of nitrogens with zero attached hydrogens (tertiary/aromatic N) is 5. The first-order valence-electron chi connectivity index (χ1n) is 14.5. The fraction of sp³-hybridized carbons (Fsp3) is 0.265. The van der Waals surface area contributed by atoms with E-state index >= 15 is 0 Å². The topological polar surface area (TPSA) is 92.5 Å². The van der Waals surface area contributed by atoms with Crippen LogP contribution in [0.2, 0.25) is 5.02 Å². The van der Waals surface area contributed by atoms with Crippen LogP contribution >= 0.6 is 11.6 Å². The summed E-state index contributed by atoms with van der Waals surface area (Å²) in [4.78, 5) is 37.3. The zero-order chi connectivity index (χ0) is 30.1. The number of aromatic nitrogens is 3. The van der Waals surface area contributed by atoms with E-state index in [9.17, 15) is 9.59 Å². The van der Waals surface area contributed by atoms with Crippen molar-refractivity contribution >= 4 is 41.5 Å². The van der Waals surface area contributed by atoms with E-state index in [4.69, 9.17) is 21.6 Å². The molecule has 2 aromatic heterocycles. The highest BCUT2D eigenvalue weighted by Gasteiger charge is 2.28. The number of amides is 1. The molecule has 2 unspecified atom stereocenters. The lowest BCUT2D eigenvalue weighted by molar-refractivity contribution is -0.119. The Bertz CT molecular complexity index is 1760. The Labute approximate surface area is 256 Å². The van der Waals surface area contributed by atoms with Gasteiger partial charge in [-0.05, 0) is 55.2 Å². The smallest absolute Gasteiger partial charge is 0.227 e. The van der Waals surface area contributed by atoms with E-state index in [1.54, 1.807) is 17.1 Å². The summed E-state index contributed by atoms with van der Waals surface area (Å²) in [6, 6.07) is 17.8. The van der Waals surface area contributed by atoms with Crippen LogP contribution in [0.4, 0.5) is 5.69 Å². The van der Waals surface area contributed by atoms with E-state index in [0.29, 0.717) is 34.9 Å². The summed E-state index contributed by atoms with van der Waals surface area (Å²) in [7, 11) is 1.86. The van der Waals surface area contributed by atoms with Crippen molar-refractivity contribution in [1.29, 1.82) is 0 Å². The number of aldehydes is 1. The highest BCUT2D eigenvalue weighted by molar-refractivity contribution is 6.31. The van der Waals surface area contributed by atoms with Crippen LogP contribution in [0.5, 0.6) is 0 Å². The summed E-state index contributed by atoms with van der Waals surface area (Å²) in [6.45, 7) is 4.37. The van der Waals surface area contributed by atoms with Gasteiger partial charge in [0.25, 0.3) is 0 Å². The number of aryl methyl sites for hydroxylation is 2. The highest BCUT2D eigenvalue weighted by Crippen LogP contribution is 2.38. The van der Waals surface area contributed by atoms with Gasteiger partial charge in [-0.1, -0.05) is 60.8 Å². The number of rotatable bonds is 4. The third-order valence-electron chi connectivity index (χ3n) is 8.29. The first-order valence-corrected chi connectivity index (χ1v) is 14.8. The second-order valence-corrected chi connectivity index (χ2v) is 11.7. The average molecular weight is 593 g/mol. The summed E-state index contributed by atoms with van der Waals surface area (Å²) < 4.78 is 1.76. The Hall–Kier alpha value is -4.56. The van der Waals surface area contributed by atoms with E-state index in [1.165, 1.54) is 5.56 Å². The standard InChI is InChI=1S/C34H33ClN6O2/c1-21-7-9-23(10-8-21)27-12-11-26(35)16-28(27)32-25(19-42)18-41(20-37-32)31-6-4-5-22(2)34(43)39-30-17-38-40(3)33(30)24-13-14-36-29(31)15-24/h7-17,19-20,22,31H,4-6,18H2,1-3H3,(H,39,43). The minimum absolute atomic E-state index is 0.0260. The number of aliphatic imine (C=N–C) groups is 1. The number of hydrogen-bond acceptors (Lipinski definition) is 6. The lowest BCUT2D eigenvalue weighted by Crippen LogP contribution is -2.33. The fourth-order valence-electron chi connectivity index (χ4n) is 5.89. The van der Waals surface area contributed by atoms with Gasteiger partial charge in [0.2, 0.25) is 5.91 Å². The highest BCUT2D eigenvalue weighted by atomic mass is 35.5. The van der Waals surface area contributed by atoms with Crippen molar-refractivity contribution in [3.05, 3.63) is 94.4 Å². The molecule has 8 nitrogen and oxygen atoms in total. The largest absolute Gasteiger partial charge is 0.349 e. The molecule has 4 aromatic rings. The second-order valence-electron chi connectivity index (χ2n) is 11.3. The molecule has 6 rings (SSSR count). The molecule has 43 heavy (non-hydrogen) atoms. The van der Waals surface area contributed by atoms with Crippen molar-refractivity contribution in [2.45, 2.75) is 39.2 Å². The number of benzene rings is 2. The quantitative estimate of drug-likeness (QED) is 0.261. The second kappa shape index (κ2) is 12.0. The summed E-state index contributed by atoms with van der Waals surface area (Å²) in [5.74, 6) is -0.198. The van der Waals surface area contributed by atoms with Crippen LogP contribution in [-0.4, -0.2) is 44.7 Å². The van der Waals surface area contributed by atoms with Crippen molar-refractivity contribution in [3.8, 4) is 22.4 Å². The van der Waals surface area contributed by atoms with Crippen molar-refractivity contribution in [2.75, 3.05) is 11.9 Å². The molecule has 0 saturated carbocycles. The van der Waals surface area contributed by atoms with Crippen LogP contribution in [0.1, 0.15) is 49.0 Å². The van der Waals surface area contributed by atoms with Gasteiger partial charge >= 0.3 is 0 Å². The van der Waals surface area contributed by atoms with E-state index < -0.39 is 0 Å².